The van der Waals surface area contributed by atoms with Crippen LogP contribution in [0.25, 0.3) is 0 Å². The number of benzene rings is 1. The summed E-state index contributed by atoms with van der Waals surface area (Å²) in [6.45, 7) is 3.20. The van der Waals surface area contributed by atoms with Gasteiger partial charge in [-0.25, -0.2) is 0 Å². The van der Waals surface area contributed by atoms with Gasteiger partial charge in [-0.05, 0) is 42.0 Å². The molecular weight excluding hydrogens is 350 g/mol. The average molecular weight is 377 g/mol. The Morgan fingerprint density at radius 1 is 1.25 bits per heavy atom. The number of pyridine rings is 1. The standard InChI is InChI=1S/C23H27N3O2/c1-25(15-19-7-4-5-11-24-19)22(27)21-12-23(16-28-21)20-8-3-2-6-18(20)14-26(23)13-17-9-10-17/h2-8,11,17,21H,9-10,12-16H2,1H3/t21-,23+/m0/s1. The molecule has 146 valence electrons. The lowest BCUT2D eigenvalue weighted by Gasteiger charge is -2.35. The maximum atomic E-state index is 13.1. The summed E-state index contributed by atoms with van der Waals surface area (Å²) < 4.78 is 6.15. The van der Waals surface area contributed by atoms with Crippen LogP contribution in [0.15, 0.2) is 48.7 Å². The SMILES string of the molecule is CN(Cc1ccccn1)C(=O)[C@@H]1C[C@@]2(CO1)c1ccccc1CN2CC1CC1. The van der Waals surface area contributed by atoms with Crippen molar-refractivity contribution in [2.75, 3.05) is 20.2 Å². The molecule has 1 aliphatic carbocycles. The van der Waals surface area contributed by atoms with Crippen molar-refractivity contribution < 1.29 is 9.53 Å². The van der Waals surface area contributed by atoms with Crippen molar-refractivity contribution in [2.24, 2.45) is 5.92 Å². The van der Waals surface area contributed by atoms with E-state index in [9.17, 15) is 4.79 Å². The number of carbonyl (C=O) groups excluding carboxylic acids is 1. The summed E-state index contributed by atoms with van der Waals surface area (Å²) in [6.07, 6.45) is 4.78. The van der Waals surface area contributed by atoms with Crippen molar-refractivity contribution >= 4 is 5.91 Å². The molecule has 2 aliphatic heterocycles. The van der Waals surface area contributed by atoms with E-state index in [1.807, 2.05) is 25.2 Å². The number of nitrogens with zero attached hydrogens (tertiary/aromatic N) is 3. The number of amides is 1. The van der Waals surface area contributed by atoms with Crippen LogP contribution < -0.4 is 0 Å². The zero-order valence-electron chi connectivity index (χ0n) is 16.4. The molecule has 2 fully saturated rings. The van der Waals surface area contributed by atoms with E-state index < -0.39 is 0 Å². The van der Waals surface area contributed by atoms with E-state index in [4.69, 9.17) is 4.74 Å². The van der Waals surface area contributed by atoms with Crippen molar-refractivity contribution in [3.8, 4) is 0 Å². The van der Waals surface area contributed by atoms with E-state index in [1.165, 1.54) is 24.0 Å². The van der Waals surface area contributed by atoms with Gasteiger partial charge >= 0.3 is 0 Å². The fourth-order valence-electron chi connectivity index (χ4n) is 4.78. The number of rotatable bonds is 5. The van der Waals surface area contributed by atoms with Gasteiger partial charge in [-0.1, -0.05) is 30.3 Å². The van der Waals surface area contributed by atoms with E-state index in [1.54, 1.807) is 11.1 Å². The van der Waals surface area contributed by atoms with Crippen molar-refractivity contribution in [3.63, 3.8) is 0 Å². The first-order chi connectivity index (χ1) is 13.7. The Kier molecular flexibility index (Phi) is 4.44. The lowest BCUT2D eigenvalue weighted by atomic mass is 9.86. The summed E-state index contributed by atoms with van der Waals surface area (Å²) in [7, 11) is 1.84. The molecule has 5 rings (SSSR count). The summed E-state index contributed by atoms with van der Waals surface area (Å²) in [5.41, 5.74) is 3.50. The quantitative estimate of drug-likeness (QED) is 0.804. The van der Waals surface area contributed by atoms with Crippen LogP contribution in [0.3, 0.4) is 0 Å². The molecule has 3 heterocycles. The van der Waals surface area contributed by atoms with Crippen LogP contribution in [-0.4, -0.2) is 47.0 Å². The predicted molar refractivity (Wildman–Crippen MR) is 106 cm³/mol. The third-order valence-electron chi connectivity index (χ3n) is 6.48. The number of likely N-dealkylation sites (N-methyl/N-ethyl adjacent to an activating group) is 1. The Morgan fingerprint density at radius 2 is 2.07 bits per heavy atom. The Hall–Kier alpha value is -2.24. The second kappa shape index (κ2) is 6.98. The van der Waals surface area contributed by atoms with Gasteiger partial charge in [-0.2, -0.15) is 0 Å². The largest absolute Gasteiger partial charge is 0.366 e. The summed E-state index contributed by atoms with van der Waals surface area (Å²) >= 11 is 0. The highest BCUT2D eigenvalue weighted by Crippen LogP contribution is 2.48. The molecule has 5 heteroatoms. The van der Waals surface area contributed by atoms with Crippen molar-refractivity contribution in [3.05, 3.63) is 65.5 Å². The van der Waals surface area contributed by atoms with E-state index in [-0.39, 0.29) is 17.6 Å². The van der Waals surface area contributed by atoms with Gasteiger partial charge in [0, 0.05) is 32.8 Å². The second-order valence-electron chi connectivity index (χ2n) is 8.53. The molecule has 1 spiro atoms. The number of hydrogen-bond acceptors (Lipinski definition) is 4. The Balaban J connectivity index is 1.34. The van der Waals surface area contributed by atoms with Crippen LogP contribution in [-0.2, 0) is 28.2 Å². The fraction of sp³-hybridized carbons (Fsp3) is 0.478. The van der Waals surface area contributed by atoms with Gasteiger partial charge in [-0.15, -0.1) is 0 Å². The van der Waals surface area contributed by atoms with Gasteiger partial charge in [0.25, 0.3) is 5.91 Å². The van der Waals surface area contributed by atoms with E-state index in [0.29, 0.717) is 13.2 Å². The van der Waals surface area contributed by atoms with E-state index in [2.05, 4.69) is 34.1 Å². The van der Waals surface area contributed by atoms with Gasteiger partial charge in [0.1, 0.15) is 6.10 Å². The van der Waals surface area contributed by atoms with Crippen LogP contribution in [0.2, 0.25) is 0 Å². The Bertz CT molecular complexity index is 867. The highest BCUT2D eigenvalue weighted by atomic mass is 16.5. The minimum Gasteiger partial charge on any atom is -0.366 e. The van der Waals surface area contributed by atoms with Crippen molar-refractivity contribution in [2.45, 2.75) is 44.0 Å². The van der Waals surface area contributed by atoms with Gasteiger partial charge in [0.15, 0.2) is 0 Å². The van der Waals surface area contributed by atoms with Crippen LogP contribution in [0.5, 0.6) is 0 Å². The molecule has 1 saturated heterocycles. The van der Waals surface area contributed by atoms with Gasteiger partial charge in [0.2, 0.25) is 0 Å². The zero-order chi connectivity index (χ0) is 19.1. The summed E-state index contributed by atoms with van der Waals surface area (Å²) in [5, 5.41) is 0. The fourth-order valence-corrected chi connectivity index (χ4v) is 4.78. The minimum absolute atomic E-state index is 0.0540. The second-order valence-corrected chi connectivity index (χ2v) is 8.53. The summed E-state index contributed by atoms with van der Waals surface area (Å²) in [6, 6.07) is 14.5. The molecule has 0 bridgehead atoms. The number of hydrogen-bond donors (Lipinski definition) is 0. The third kappa shape index (κ3) is 3.12. The molecule has 1 aromatic heterocycles. The molecule has 0 N–H and O–H groups in total. The number of fused-ring (bicyclic) bond motifs is 2. The van der Waals surface area contributed by atoms with Gasteiger partial charge < -0.3 is 9.64 Å². The monoisotopic (exact) mass is 377 g/mol. The molecule has 1 aromatic carbocycles. The number of aromatic nitrogens is 1. The van der Waals surface area contributed by atoms with Gasteiger partial charge in [0.05, 0.1) is 24.4 Å². The van der Waals surface area contributed by atoms with Crippen LogP contribution in [0.4, 0.5) is 0 Å². The van der Waals surface area contributed by atoms with Crippen LogP contribution >= 0.6 is 0 Å². The highest BCUT2D eigenvalue weighted by Gasteiger charge is 2.53. The van der Waals surface area contributed by atoms with Crippen molar-refractivity contribution in [1.82, 2.24) is 14.8 Å². The molecule has 1 saturated carbocycles. The van der Waals surface area contributed by atoms with E-state index in [0.717, 1.165) is 31.1 Å². The third-order valence-corrected chi connectivity index (χ3v) is 6.48. The maximum Gasteiger partial charge on any atom is 0.251 e. The molecule has 2 aromatic rings. The average Bonchev–Trinajstić information content (AvgIpc) is 3.34. The number of ether oxygens (including phenoxy) is 1. The molecule has 3 aliphatic rings. The zero-order valence-corrected chi connectivity index (χ0v) is 16.4. The Morgan fingerprint density at radius 3 is 2.86 bits per heavy atom. The molecule has 2 atom stereocenters. The molecule has 0 radical (unpaired) electrons. The van der Waals surface area contributed by atoms with Gasteiger partial charge in [-0.3, -0.25) is 14.7 Å². The molecule has 5 nitrogen and oxygen atoms in total. The molecular formula is C23H27N3O2. The van der Waals surface area contributed by atoms with E-state index >= 15 is 0 Å². The Labute approximate surface area is 166 Å². The topological polar surface area (TPSA) is 45.7 Å². The predicted octanol–water partition coefficient (Wildman–Crippen LogP) is 2.95. The molecule has 1 amide bonds. The van der Waals surface area contributed by atoms with Crippen LogP contribution in [0, 0.1) is 5.92 Å². The minimum atomic E-state index is -0.387. The van der Waals surface area contributed by atoms with Crippen molar-refractivity contribution in [1.29, 1.82) is 0 Å². The lowest BCUT2D eigenvalue weighted by Crippen LogP contribution is -2.44. The normalized spacial score (nSPS) is 26.5. The summed E-state index contributed by atoms with van der Waals surface area (Å²) in [4.78, 5) is 21.8. The van der Waals surface area contributed by atoms with Crippen LogP contribution in [0.1, 0.15) is 36.1 Å². The first-order valence-electron chi connectivity index (χ1n) is 10.3. The molecule has 0 unspecified atom stereocenters. The first kappa shape index (κ1) is 17.8. The lowest BCUT2D eigenvalue weighted by molar-refractivity contribution is -0.140. The smallest absolute Gasteiger partial charge is 0.251 e. The number of carbonyl (C=O) groups is 1. The first-order valence-corrected chi connectivity index (χ1v) is 10.3. The highest BCUT2D eigenvalue weighted by molar-refractivity contribution is 5.81. The molecule has 28 heavy (non-hydrogen) atoms. The maximum absolute atomic E-state index is 13.1. The summed E-state index contributed by atoms with van der Waals surface area (Å²) in [5.74, 6) is 0.867.